The molecule has 7 nitrogen and oxygen atoms in total. The van der Waals surface area contributed by atoms with Gasteiger partial charge in [-0.3, -0.25) is 0 Å². The summed E-state index contributed by atoms with van der Waals surface area (Å²) >= 11 is 0. The Kier molecular flexibility index (Phi) is 6.20. The average molecular weight is 427 g/mol. The topological polar surface area (TPSA) is 71.5 Å². The van der Waals surface area contributed by atoms with Crippen LogP contribution in [-0.2, 0) is 4.74 Å². The zero-order valence-corrected chi connectivity index (χ0v) is 17.2. The second-order valence-corrected chi connectivity index (χ2v) is 7.18. The van der Waals surface area contributed by atoms with Crippen molar-refractivity contribution in [3.63, 3.8) is 0 Å². The number of ether oxygens (including phenoxy) is 1. The number of aromatic nitrogens is 3. The van der Waals surface area contributed by atoms with E-state index in [1.807, 2.05) is 17.0 Å². The lowest BCUT2D eigenvalue weighted by atomic mass is 10.2. The van der Waals surface area contributed by atoms with E-state index in [1.165, 1.54) is 6.20 Å². The highest BCUT2D eigenvalue weighted by atomic mass is 19.3. The summed E-state index contributed by atoms with van der Waals surface area (Å²) in [5, 5.41) is 0.761. The van der Waals surface area contributed by atoms with Crippen LogP contribution in [0.3, 0.4) is 0 Å². The predicted octanol–water partition coefficient (Wildman–Crippen LogP) is 3.86. The molecule has 162 valence electrons. The third-order valence-electron chi connectivity index (χ3n) is 5.17. The van der Waals surface area contributed by atoms with Gasteiger partial charge in [-0.25, -0.2) is 28.5 Å². The molecule has 1 saturated heterocycles. The van der Waals surface area contributed by atoms with E-state index in [-0.39, 0.29) is 0 Å². The lowest BCUT2D eigenvalue weighted by molar-refractivity contribution is 0.0526. The van der Waals surface area contributed by atoms with Crippen LogP contribution in [-0.4, -0.2) is 53.7 Å². The van der Waals surface area contributed by atoms with Gasteiger partial charge in [-0.1, -0.05) is 12.1 Å². The Morgan fingerprint density at radius 1 is 1.06 bits per heavy atom. The maximum Gasteiger partial charge on any atom is 0.339 e. The third-order valence-corrected chi connectivity index (χ3v) is 5.17. The van der Waals surface area contributed by atoms with E-state index >= 15 is 0 Å². The minimum absolute atomic E-state index is 0.313. The summed E-state index contributed by atoms with van der Waals surface area (Å²) in [6.07, 6.45) is -0.402. The van der Waals surface area contributed by atoms with E-state index in [0.29, 0.717) is 43.1 Å². The Hall–Kier alpha value is -3.36. The Labute approximate surface area is 178 Å². The second kappa shape index (κ2) is 9.20. The molecule has 1 fully saturated rings. The molecule has 1 aliphatic heterocycles. The predicted molar refractivity (Wildman–Crippen MR) is 114 cm³/mol. The molecule has 0 radical (unpaired) electrons. The first-order chi connectivity index (χ1) is 15.1. The lowest BCUT2D eigenvalue weighted by Gasteiger charge is -2.24. The largest absolute Gasteiger partial charge is 0.462 e. The van der Waals surface area contributed by atoms with Gasteiger partial charge in [0.15, 0.2) is 5.82 Å². The fourth-order valence-electron chi connectivity index (χ4n) is 3.68. The van der Waals surface area contributed by atoms with E-state index in [2.05, 4.69) is 19.9 Å². The highest BCUT2D eigenvalue weighted by Gasteiger charge is 2.22. The third kappa shape index (κ3) is 4.55. The van der Waals surface area contributed by atoms with Crippen LogP contribution in [0.5, 0.6) is 0 Å². The minimum atomic E-state index is -2.73. The summed E-state index contributed by atoms with van der Waals surface area (Å²) in [5.41, 5.74) is 0.925. The molecule has 1 aliphatic rings. The summed E-state index contributed by atoms with van der Waals surface area (Å²) in [6.45, 7) is 4.76. The number of hydrogen-bond acceptors (Lipinski definition) is 7. The first-order valence-corrected chi connectivity index (χ1v) is 10.2. The monoisotopic (exact) mass is 427 g/mol. The van der Waals surface area contributed by atoms with E-state index in [9.17, 15) is 13.6 Å². The maximum absolute atomic E-state index is 13.4. The lowest BCUT2D eigenvalue weighted by Crippen LogP contribution is -2.32. The fourth-order valence-corrected chi connectivity index (χ4v) is 3.68. The number of anilines is 2. The van der Waals surface area contributed by atoms with Crippen molar-refractivity contribution in [2.75, 3.05) is 42.6 Å². The Morgan fingerprint density at radius 3 is 2.58 bits per heavy atom. The normalized spacial score (nSPS) is 14.7. The van der Waals surface area contributed by atoms with Crippen LogP contribution >= 0.6 is 0 Å². The molecule has 0 amide bonds. The van der Waals surface area contributed by atoms with Gasteiger partial charge >= 0.3 is 5.97 Å². The molecule has 0 saturated carbocycles. The molecule has 0 spiro atoms. The first kappa shape index (κ1) is 20.9. The summed E-state index contributed by atoms with van der Waals surface area (Å²) in [4.78, 5) is 28.6. The highest BCUT2D eigenvalue weighted by molar-refractivity contribution is 5.90. The van der Waals surface area contributed by atoms with E-state index in [1.54, 1.807) is 31.2 Å². The molecule has 0 N–H and O–H groups in total. The van der Waals surface area contributed by atoms with Gasteiger partial charge < -0.3 is 14.5 Å². The van der Waals surface area contributed by atoms with Gasteiger partial charge in [0.1, 0.15) is 11.6 Å². The number of carbonyl (C=O) groups is 1. The van der Waals surface area contributed by atoms with Crippen LogP contribution < -0.4 is 9.80 Å². The van der Waals surface area contributed by atoms with Crippen molar-refractivity contribution in [3.05, 3.63) is 54.0 Å². The van der Waals surface area contributed by atoms with E-state index < -0.39 is 18.2 Å². The van der Waals surface area contributed by atoms with Crippen LogP contribution in [0.4, 0.5) is 20.4 Å². The van der Waals surface area contributed by atoms with Crippen molar-refractivity contribution in [1.29, 1.82) is 0 Å². The fraction of sp³-hybridized carbons (Fsp3) is 0.364. The van der Waals surface area contributed by atoms with Gasteiger partial charge in [0.05, 0.1) is 17.7 Å². The van der Waals surface area contributed by atoms with Crippen LogP contribution in [0, 0.1) is 0 Å². The SMILES string of the molecule is CCOC(=O)c1ccc(N2CCCN(c3nc(C(F)F)nc4ccccc34)CC2)nc1. The van der Waals surface area contributed by atoms with Gasteiger partial charge in [-0.15, -0.1) is 0 Å². The van der Waals surface area contributed by atoms with Crippen molar-refractivity contribution in [2.45, 2.75) is 19.8 Å². The summed E-state index contributed by atoms with van der Waals surface area (Å²) < 4.78 is 31.7. The van der Waals surface area contributed by atoms with Crippen molar-refractivity contribution in [2.24, 2.45) is 0 Å². The number of halogens is 2. The number of alkyl halides is 2. The Bertz CT molecular complexity index is 1060. The van der Waals surface area contributed by atoms with Crippen LogP contribution in [0.2, 0.25) is 0 Å². The quantitative estimate of drug-likeness (QED) is 0.573. The van der Waals surface area contributed by atoms with Gasteiger partial charge in [0.2, 0.25) is 0 Å². The maximum atomic E-state index is 13.4. The summed E-state index contributed by atoms with van der Waals surface area (Å²) in [7, 11) is 0. The number of para-hydroxylation sites is 1. The number of esters is 1. The standard InChI is InChI=1S/C22H23F2N5O2/c1-2-31-22(30)15-8-9-18(25-14-15)28-10-5-11-29(13-12-28)21-16-6-3-4-7-17(16)26-20(27-21)19(23)24/h3-4,6-9,14,19H,2,5,10-13H2,1H3. The number of hydrogen-bond donors (Lipinski definition) is 0. The highest BCUT2D eigenvalue weighted by Crippen LogP contribution is 2.28. The molecule has 0 bridgehead atoms. The molecule has 0 atom stereocenters. The molecular weight excluding hydrogens is 404 g/mol. The Balaban J connectivity index is 1.54. The van der Waals surface area contributed by atoms with Crippen LogP contribution in [0.1, 0.15) is 36.0 Å². The number of benzene rings is 1. The van der Waals surface area contributed by atoms with Crippen molar-refractivity contribution >= 4 is 28.5 Å². The van der Waals surface area contributed by atoms with E-state index in [0.717, 1.165) is 24.2 Å². The summed E-state index contributed by atoms with van der Waals surface area (Å²) in [5.74, 6) is 0.448. The number of fused-ring (bicyclic) bond motifs is 1. The number of rotatable bonds is 5. The Morgan fingerprint density at radius 2 is 1.84 bits per heavy atom. The molecule has 1 aromatic carbocycles. The zero-order valence-electron chi connectivity index (χ0n) is 17.2. The molecule has 0 unspecified atom stereocenters. The smallest absolute Gasteiger partial charge is 0.339 e. The van der Waals surface area contributed by atoms with Crippen molar-refractivity contribution in [1.82, 2.24) is 15.0 Å². The molecule has 3 aromatic rings. The minimum Gasteiger partial charge on any atom is -0.462 e. The van der Waals surface area contributed by atoms with Gasteiger partial charge in [-0.2, -0.15) is 0 Å². The molecule has 3 heterocycles. The summed E-state index contributed by atoms with van der Waals surface area (Å²) in [6, 6.07) is 10.7. The molecule has 31 heavy (non-hydrogen) atoms. The number of pyridine rings is 1. The van der Waals surface area contributed by atoms with Crippen molar-refractivity contribution < 1.29 is 18.3 Å². The van der Waals surface area contributed by atoms with E-state index in [4.69, 9.17) is 4.74 Å². The van der Waals surface area contributed by atoms with Crippen LogP contribution in [0.15, 0.2) is 42.6 Å². The molecule has 4 rings (SSSR count). The molecule has 9 heteroatoms. The van der Waals surface area contributed by atoms with Crippen LogP contribution in [0.25, 0.3) is 10.9 Å². The molecule has 0 aliphatic carbocycles. The number of nitrogens with zero attached hydrogens (tertiary/aromatic N) is 5. The average Bonchev–Trinajstić information content (AvgIpc) is 3.05. The number of carbonyl (C=O) groups excluding carboxylic acids is 1. The second-order valence-electron chi connectivity index (χ2n) is 7.18. The van der Waals surface area contributed by atoms with Crippen molar-refractivity contribution in [3.8, 4) is 0 Å². The van der Waals surface area contributed by atoms with Gasteiger partial charge in [0.25, 0.3) is 6.43 Å². The molecule has 2 aromatic heterocycles. The zero-order chi connectivity index (χ0) is 21.8. The van der Waals surface area contributed by atoms with Gasteiger partial charge in [0, 0.05) is 37.8 Å². The van der Waals surface area contributed by atoms with Gasteiger partial charge in [-0.05, 0) is 37.6 Å². The first-order valence-electron chi connectivity index (χ1n) is 10.2. The molecular formula is C22H23F2N5O2.